The Kier molecular flexibility index (Phi) is 5.33. The number of anilines is 1. The molecule has 2 aromatic carbocycles. The van der Waals surface area contributed by atoms with E-state index in [1.54, 1.807) is 31.3 Å². The third kappa shape index (κ3) is 4.04. The molecule has 1 heterocycles. The molecule has 0 radical (unpaired) electrons. The van der Waals surface area contributed by atoms with Gasteiger partial charge in [0.05, 0.1) is 10.6 Å². The third-order valence-corrected chi connectivity index (χ3v) is 3.98. The zero-order chi connectivity index (χ0) is 19.4. The van der Waals surface area contributed by atoms with E-state index in [9.17, 15) is 9.90 Å². The van der Waals surface area contributed by atoms with E-state index in [4.69, 9.17) is 22.1 Å². The molecule has 0 aliphatic rings. The van der Waals surface area contributed by atoms with Crippen molar-refractivity contribution in [2.45, 2.75) is 0 Å². The van der Waals surface area contributed by atoms with E-state index >= 15 is 0 Å². The van der Waals surface area contributed by atoms with E-state index in [1.165, 1.54) is 24.4 Å². The van der Waals surface area contributed by atoms with Crippen LogP contribution in [0.15, 0.2) is 47.5 Å². The summed E-state index contributed by atoms with van der Waals surface area (Å²) < 4.78 is 5.84. The van der Waals surface area contributed by atoms with Crippen LogP contribution in [0.5, 0.6) is 17.4 Å². The first-order valence-electron chi connectivity index (χ1n) is 7.83. The molecule has 0 amide bonds. The van der Waals surface area contributed by atoms with Crippen LogP contribution in [0, 0.1) is 0 Å². The standard InChI is InChI=1S/C19H15ClN4O3/c1-22-9-15-17(21)23-18(11-2-4-13(26)5-3-11)24-19(15)27-14-6-7-16(20)12(8-14)10-25/h2-10,26H,1H3,(H2,21,23,24). The average Bonchev–Trinajstić information content (AvgIpc) is 2.66. The smallest absolute Gasteiger partial charge is 0.233 e. The van der Waals surface area contributed by atoms with Crippen LogP contribution < -0.4 is 10.5 Å². The van der Waals surface area contributed by atoms with Gasteiger partial charge < -0.3 is 15.6 Å². The molecule has 3 rings (SSSR count). The molecular formula is C19H15ClN4O3. The van der Waals surface area contributed by atoms with Crippen molar-refractivity contribution in [3.63, 3.8) is 0 Å². The number of ether oxygens (including phenoxy) is 1. The summed E-state index contributed by atoms with van der Waals surface area (Å²) >= 11 is 5.95. The van der Waals surface area contributed by atoms with Crippen LogP contribution in [0.1, 0.15) is 15.9 Å². The van der Waals surface area contributed by atoms with E-state index in [0.29, 0.717) is 39.6 Å². The Labute approximate surface area is 160 Å². The SMILES string of the molecule is CN=Cc1c(N)nc(-c2ccc(O)cc2)nc1Oc1ccc(Cl)c(C=O)c1. The third-order valence-electron chi connectivity index (χ3n) is 3.63. The van der Waals surface area contributed by atoms with Crippen LogP contribution in [-0.4, -0.2) is 34.6 Å². The van der Waals surface area contributed by atoms with Gasteiger partial charge in [-0.05, 0) is 42.5 Å². The van der Waals surface area contributed by atoms with Gasteiger partial charge in [0.2, 0.25) is 5.88 Å². The van der Waals surface area contributed by atoms with Gasteiger partial charge in [0.1, 0.15) is 17.3 Å². The van der Waals surface area contributed by atoms with Crippen molar-refractivity contribution in [2.24, 2.45) is 4.99 Å². The van der Waals surface area contributed by atoms with E-state index in [0.717, 1.165) is 0 Å². The highest BCUT2D eigenvalue weighted by Gasteiger charge is 2.15. The van der Waals surface area contributed by atoms with Gasteiger partial charge in [0.15, 0.2) is 12.1 Å². The number of phenolic OH excluding ortho intramolecular Hbond substituents is 1. The highest BCUT2D eigenvalue weighted by molar-refractivity contribution is 6.33. The number of nitrogens with zero attached hydrogens (tertiary/aromatic N) is 3. The zero-order valence-electron chi connectivity index (χ0n) is 14.3. The van der Waals surface area contributed by atoms with E-state index in [-0.39, 0.29) is 17.4 Å². The Morgan fingerprint density at radius 3 is 2.59 bits per heavy atom. The lowest BCUT2D eigenvalue weighted by Crippen LogP contribution is -2.05. The molecule has 0 aliphatic heterocycles. The van der Waals surface area contributed by atoms with E-state index in [1.807, 2.05) is 0 Å². The summed E-state index contributed by atoms with van der Waals surface area (Å²) in [4.78, 5) is 23.7. The molecule has 8 heteroatoms. The minimum atomic E-state index is 0.125. The van der Waals surface area contributed by atoms with Gasteiger partial charge in [-0.3, -0.25) is 9.79 Å². The highest BCUT2D eigenvalue weighted by atomic mass is 35.5. The van der Waals surface area contributed by atoms with E-state index < -0.39 is 0 Å². The fourth-order valence-electron chi connectivity index (χ4n) is 2.32. The Bertz CT molecular complexity index is 1020. The number of aldehydes is 1. The van der Waals surface area contributed by atoms with Crippen molar-refractivity contribution < 1.29 is 14.6 Å². The molecule has 136 valence electrons. The molecule has 7 nitrogen and oxygen atoms in total. The molecule has 0 saturated carbocycles. The topological polar surface area (TPSA) is 111 Å². The lowest BCUT2D eigenvalue weighted by atomic mass is 10.2. The number of nitrogens with two attached hydrogens (primary N) is 1. The number of carbonyl (C=O) groups excluding carboxylic acids is 1. The molecule has 0 fully saturated rings. The van der Waals surface area contributed by atoms with E-state index in [2.05, 4.69) is 15.0 Å². The molecule has 3 aromatic rings. The summed E-state index contributed by atoms with van der Waals surface area (Å²) in [7, 11) is 1.59. The number of aliphatic imine (C=N–C) groups is 1. The van der Waals surface area contributed by atoms with Crippen molar-refractivity contribution in [1.82, 2.24) is 9.97 Å². The maximum Gasteiger partial charge on any atom is 0.233 e. The second-order valence-corrected chi connectivity index (χ2v) is 5.90. The molecular weight excluding hydrogens is 368 g/mol. The number of hydrogen-bond acceptors (Lipinski definition) is 7. The average molecular weight is 383 g/mol. The van der Waals surface area contributed by atoms with Crippen LogP contribution in [0.3, 0.4) is 0 Å². The van der Waals surface area contributed by atoms with Crippen molar-refractivity contribution in [3.8, 4) is 28.8 Å². The summed E-state index contributed by atoms with van der Waals surface area (Å²) in [6.07, 6.45) is 2.13. The van der Waals surface area contributed by atoms with Crippen LogP contribution >= 0.6 is 11.6 Å². The Morgan fingerprint density at radius 2 is 1.93 bits per heavy atom. The number of aromatic hydroxyl groups is 1. The van der Waals surface area contributed by atoms with Gasteiger partial charge in [-0.15, -0.1) is 0 Å². The summed E-state index contributed by atoms with van der Waals surface area (Å²) in [6.45, 7) is 0. The fourth-order valence-corrected chi connectivity index (χ4v) is 2.48. The Morgan fingerprint density at radius 1 is 1.19 bits per heavy atom. The normalized spacial score (nSPS) is 10.9. The predicted octanol–water partition coefficient (Wildman–Crippen LogP) is 3.74. The lowest BCUT2D eigenvalue weighted by Gasteiger charge is -2.12. The number of aromatic nitrogens is 2. The minimum absolute atomic E-state index is 0.125. The van der Waals surface area contributed by atoms with Gasteiger partial charge in [-0.1, -0.05) is 11.6 Å². The number of nitrogen functional groups attached to an aromatic ring is 1. The first kappa shape index (κ1) is 18.3. The monoisotopic (exact) mass is 382 g/mol. The van der Waals surface area contributed by atoms with Gasteiger partial charge in [0, 0.05) is 24.4 Å². The fraction of sp³-hybridized carbons (Fsp3) is 0.0526. The molecule has 1 aromatic heterocycles. The molecule has 0 spiro atoms. The zero-order valence-corrected chi connectivity index (χ0v) is 15.0. The van der Waals surface area contributed by atoms with Gasteiger partial charge in [-0.2, -0.15) is 4.98 Å². The first-order chi connectivity index (χ1) is 13.0. The number of phenols is 1. The molecule has 0 bridgehead atoms. The number of halogens is 1. The number of carbonyl (C=O) groups is 1. The quantitative estimate of drug-likeness (QED) is 0.513. The van der Waals surface area contributed by atoms with Crippen LogP contribution in [0.4, 0.5) is 5.82 Å². The van der Waals surface area contributed by atoms with Crippen LogP contribution in [0.25, 0.3) is 11.4 Å². The summed E-state index contributed by atoms with van der Waals surface area (Å²) in [6, 6.07) is 11.0. The summed E-state index contributed by atoms with van der Waals surface area (Å²) in [5, 5.41) is 9.77. The van der Waals surface area contributed by atoms with Gasteiger partial charge >= 0.3 is 0 Å². The Balaban J connectivity index is 2.08. The summed E-state index contributed by atoms with van der Waals surface area (Å²) in [5.74, 6) is 1.16. The van der Waals surface area contributed by atoms with Crippen LogP contribution in [-0.2, 0) is 0 Å². The number of benzene rings is 2. The number of hydrogen-bond donors (Lipinski definition) is 2. The second kappa shape index (κ2) is 7.84. The molecule has 27 heavy (non-hydrogen) atoms. The second-order valence-electron chi connectivity index (χ2n) is 5.49. The van der Waals surface area contributed by atoms with Gasteiger partial charge in [0.25, 0.3) is 0 Å². The van der Waals surface area contributed by atoms with Crippen molar-refractivity contribution in [2.75, 3.05) is 12.8 Å². The predicted molar refractivity (Wildman–Crippen MR) is 104 cm³/mol. The largest absolute Gasteiger partial charge is 0.508 e. The highest BCUT2D eigenvalue weighted by Crippen LogP contribution is 2.30. The molecule has 0 saturated heterocycles. The van der Waals surface area contributed by atoms with Crippen LogP contribution in [0.2, 0.25) is 5.02 Å². The van der Waals surface area contributed by atoms with Gasteiger partial charge in [-0.25, -0.2) is 4.98 Å². The maximum atomic E-state index is 11.1. The summed E-state index contributed by atoms with van der Waals surface area (Å²) in [5.41, 5.74) is 7.41. The lowest BCUT2D eigenvalue weighted by molar-refractivity contribution is 0.112. The molecule has 0 atom stereocenters. The molecule has 3 N–H and O–H groups in total. The maximum absolute atomic E-state index is 11.1. The minimum Gasteiger partial charge on any atom is -0.508 e. The Hall–Kier alpha value is -3.45. The molecule has 0 unspecified atom stereocenters. The van der Waals surface area contributed by atoms with Crippen molar-refractivity contribution >= 4 is 29.9 Å². The first-order valence-corrected chi connectivity index (χ1v) is 8.21. The number of rotatable bonds is 5. The van der Waals surface area contributed by atoms with Crippen molar-refractivity contribution in [3.05, 3.63) is 58.6 Å². The van der Waals surface area contributed by atoms with Crippen molar-refractivity contribution in [1.29, 1.82) is 0 Å². The molecule has 0 aliphatic carbocycles.